The van der Waals surface area contributed by atoms with Crippen molar-refractivity contribution in [2.75, 3.05) is 13.2 Å². The van der Waals surface area contributed by atoms with Gasteiger partial charge in [0.05, 0.1) is 28.5 Å². The van der Waals surface area contributed by atoms with Gasteiger partial charge in [0.15, 0.2) is 0 Å². The van der Waals surface area contributed by atoms with Gasteiger partial charge in [-0.25, -0.2) is 4.79 Å². The summed E-state index contributed by atoms with van der Waals surface area (Å²) in [5.41, 5.74) is 2.60. The van der Waals surface area contributed by atoms with Gasteiger partial charge in [0.25, 0.3) is 5.91 Å². The molecule has 0 bridgehead atoms. The lowest BCUT2D eigenvalue weighted by Crippen LogP contribution is -2.26. The van der Waals surface area contributed by atoms with Crippen LogP contribution in [0.4, 0.5) is 0 Å². The number of amides is 1. The summed E-state index contributed by atoms with van der Waals surface area (Å²) in [6.45, 7) is 2.41. The van der Waals surface area contributed by atoms with Gasteiger partial charge in [0.2, 0.25) is 5.78 Å². The van der Waals surface area contributed by atoms with Crippen LogP contribution < -0.4 is 5.32 Å². The van der Waals surface area contributed by atoms with E-state index < -0.39 is 5.97 Å². The number of aromatic nitrogens is 1. The summed E-state index contributed by atoms with van der Waals surface area (Å²) in [7, 11) is 0. The number of carbonyl (C=O) groups is 3. The minimum Gasteiger partial charge on any atom is -0.462 e. The van der Waals surface area contributed by atoms with Crippen LogP contribution in [-0.2, 0) is 11.2 Å². The number of hydrogen-bond donors (Lipinski definition) is 2. The number of ether oxygens (including phenoxy) is 1. The third kappa shape index (κ3) is 6.78. The molecule has 0 spiro atoms. The molecule has 0 fully saturated rings. The van der Waals surface area contributed by atoms with Crippen molar-refractivity contribution in [2.45, 2.75) is 23.3 Å². The summed E-state index contributed by atoms with van der Waals surface area (Å²) < 4.78 is 6.08. The van der Waals surface area contributed by atoms with E-state index in [9.17, 15) is 14.4 Å². The zero-order valence-corrected chi connectivity index (χ0v) is 22.5. The Morgan fingerprint density at radius 2 is 1.62 bits per heavy atom. The first-order valence-corrected chi connectivity index (χ1v) is 13.4. The highest BCUT2D eigenvalue weighted by Gasteiger charge is 2.23. The molecule has 0 aliphatic carbocycles. The monoisotopic (exact) mass is 576 g/mol. The lowest BCUT2D eigenvalue weighted by molar-refractivity contribution is 0.0522. The summed E-state index contributed by atoms with van der Waals surface area (Å²) in [5, 5.41) is 3.40. The predicted octanol–water partition coefficient (Wildman–Crippen LogP) is 6.31. The summed E-state index contributed by atoms with van der Waals surface area (Å²) in [4.78, 5) is 42.5. The Morgan fingerprint density at radius 1 is 0.919 bits per heavy atom. The van der Waals surface area contributed by atoms with Crippen molar-refractivity contribution in [2.24, 2.45) is 0 Å². The maximum absolute atomic E-state index is 13.1. The van der Waals surface area contributed by atoms with Gasteiger partial charge in [-0.05, 0) is 61.4 Å². The van der Waals surface area contributed by atoms with Gasteiger partial charge in [0.1, 0.15) is 0 Å². The molecule has 3 aromatic carbocycles. The molecule has 188 valence electrons. The lowest BCUT2D eigenvalue weighted by Gasteiger charge is -2.10. The van der Waals surface area contributed by atoms with E-state index in [0.29, 0.717) is 34.0 Å². The smallest absolute Gasteiger partial charge is 0.340 e. The fourth-order valence-corrected chi connectivity index (χ4v) is 4.98. The van der Waals surface area contributed by atoms with Crippen molar-refractivity contribution < 1.29 is 19.1 Å². The molecule has 37 heavy (non-hydrogen) atoms. The van der Waals surface area contributed by atoms with Gasteiger partial charge in [-0.1, -0.05) is 70.2 Å². The second-order valence-corrected chi connectivity index (χ2v) is 10.0. The number of esters is 1. The van der Waals surface area contributed by atoms with E-state index in [1.54, 1.807) is 43.3 Å². The van der Waals surface area contributed by atoms with E-state index in [4.69, 9.17) is 4.74 Å². The van der Waals surface area contributed by atoms with E-state index in [-0.39, 0.29) is 29.6 Å². The van der Waals surface area contributed by atoms with Crippen molar-refractivity contribution in [3.8, 4) is 0 Å². The Hall–Kier alpha value is -3.62. The number of ketones is 1. The maximum Gasteiger partial charge on any atom is 0.340 e. The Balaban J connectivity index is 1.57. The molecule has 0 unspecified atom stereocenters. The number of hydrogen-bond acceptors (Lipinski definition) is 5. The minimum absolute atomic E-state index is 0.199. The molecule has 2 N–H and O–H groups in total. The van der Waals surface area contributed by atoms with E-state index in [1.165, 1.54) is 17.8 Å². The number of carbonyl (C=O) groups excluding carboxylic acids is 3. The van der Waals surface area contributed by atoms with Gasteiger partial charge < -0.3 is 15.0 Å². The number of benzene rings is 3. The summed E-state index contributed by atoms with van der Waals surface area (Å²) in [6.07, 6.45) is 0.715. The molecular weight excluding hydrogens is 552 g/mol. The molecule has 0 saturated heterocycles. The first-order valence-electron chi connectivity index (χ1n) is 11.8. The second kappa shape index (κ2) is 12.6. The van der Waals surface area contributed by atoms with Gasteiger partial charge >= 0.3 is 5.97 Å². The summed E-state index contributed by atoms with van der Waals surface area (Å²) >= 11 is 4.58. The Kier molecular flexibility index (Phi) is 8.98. The molecule has 6 nitrogen and oxygen atoms in total. The van der Waals surface area contributed by atoms with E-state index in [1.807, 2.05) is 42.5 Å². The van der Waals surface area contributed by atoms with Crippen LogP contribution in [-0.4, -0.2) is 35.8 Å². The SMILES string of the molecule is CCOC(=O)c1cc(C(=O)c2ccc(Br)cc2)[nH]c1Sc1ccccc1C(=O)NCCc1ccccc1. The fourth-order valence-electron chi connectivity index (χ4n) is 3.67. The molecule has 0 aliphatic heterocycles. The van der Waals surface area contributed by atoms with Crippen LogP contribution in [0.25, 0.3) is 0 Å². The van der Waals surface area contributed by atoms with Crippen molar-refractivity contribution >= 4 is 45.4 Å². The fraction of sp³-hybridized carbons (Fsp3) is 0.138. The lowest BCUT2D eigenvalue weighted by atomic mass is 10.1. The Labute approximate surface area is 228 Å². The molecule has 4 aromatic rings. The number of rotatable bonds is 10. The zero-order chi connectivity index (χ0) is 26.2. The predicted molar refractivity (Wildman–Crippen MR) is 147 cm³/mol. The highest BCUT2D eigenvalue weighted by Crippen LogP contribution is 2.34. The first-order chi connectivity index (χ1) is 18.0. The third-order valence-corrected chi connectivity index (χ3v) is 7.14. The van der Waals surface area contributed by atoms with Crippen LogP contribution in [0.3, 0.4) is 0 Å². The second-order valence-electron chi connectivity index (χ2n) is 8.07. The molecule has 1 aromatic heterocycles. The first kappa shape index (κ1) is 26.4. The molecule has 1 heterocycles. The van der Waals surface area contributed by atoms with Crippen LogP contribution in [0, 0.1) is 0 Å². The molecule has 0 radical (unpaired) electrons. The summed E-state index contributed by atoms with van der Waals surface area (Å²) in [6, 6.07) is 25.6. The molecule has 0 atom stereocenters. The standard InChI is InChI=1S/C29H25BrN2O4S/c1-2-36-29(35)23-18-24(26(33)20-12-14-21(30)15-13-20)32-28(23)37-25-11-7-6-10-22(25)27(34)31-17-16-19-8-4-3-5-9-19/h3-15,18,32H,2,16-17H2,1H3,(H,31,34). The Bertz CT molecular complexity index is 1400. The number of H-pyrrole nitrogens is 1. The maximum atomic E-state index is 13.1. The highest BCUT2D eigenvalue weighted by molar-refractivity contribution is 9.10. The molecule has 8 heteroatoms. The van der Waals surface area contributed by atoms with Crippen LogP contribution in [0.15, 0.2) is 99.3 Å². The van der Waals surface area contributed by atoms with Crippen LogP contribution in [0.1, 0.15) is 49.3 Å². The third-order valence-electron chi connectivity index (χ3n) is 5.51. The van der Waals surface area contributed by atoms with Crippen LogP contribution in [0.2, 0.25) is 0 Å². The topological polar surface area (TPSA) is 88.3 Å². The van der Waals surface area contributed by atoms with Gasteiger partial charge in [-0.2, -0.15) is 0 Å². The Morgan fingerprint density at radius 3 is 2.35 bits per heavy atom. The van der Waals surface area contributed by atoms with Crippen molar-refractivity contribution in [3.05, 3.63) is 117 Å². The summed E-state index contributed by atoms with van der Waals surface area (Å²) in [5.74, 6) is -1.01. The van der Waals surface area contributed by atoms with Gasteiger partial charge in [0, 0.05) is 21.5 Å². The van der Waals surface area contributed by atoms with Gasteiger partial charge in [-0.15, -0.1) is 0 Å². The van der Waals surface area contributed by atoms with Crippen LogP contribution >= 0.6 is 27.7 Å². The normalized spacial score (nSPS) is 10.6. The zero-order valence-electron chi connectivity index (χ0n) is 20.1. The van der Waals surface area contributed by atoms with Crippen molar-refractivity contribution in [1.82, 2.24) is 10.3 Å². The number of aromatic amines is 1. The highest BCUT2D eigenvalue weighted by atomic mass is 79.9. The van der Waals surface area contributed by atoms with Crippen molar-refractivity contribution in [3.63, 3.8) is 0 Å². The van der Waals surface area contributed by atoms with E-state index in [0.717, 1.165) is 10.0 Å². The largest absolute Gasteiger partial charge is 0.462 e. The quantitative estimate of drug-likeness (QED) is 0.170. The molecular formula is C29H25BrN2O4S. The van der Waals surface area contributed by atoms with Crippen molar-refractivity contribution in [1.29, 1.82) is 0 Å². The molecule has 0 aliphatic rings. The van der Waals surface area contributed by atoms with E-state index in [2.05, 4.69) is 26.2 Å². The average Bonchev–Trinajstić information content (AvgIpc) is 3.33. The number of halogens is 1. The molecule has 4 rings (SSSR count). The van der Waals surface area contributed by atoms with Gasteiger partial charge in [-0.3, -0.25) is 9.59 Å². The van der Waals surface area contributed by atoms with E-state index >= 15 is 0 Å². The molecule has 1 amide bonds. The minimum atomic E-state index is -0.541. The average molecular weight is 578 g/mol. The van der Waals surface area contributed by atoms with Crippen LogP contribution in [0.5, 0.6) is 0 Å². The number of nitrogens with one attached hydrogen (secondary N) is 2. The molecule has 0 saturated carbocycles.